The van der Waals surface area contributed by atoms with E-state index >= 15 is 0 Å². The summed E-state index contributed by atoms with van der Waals surface area (Å²) < 4.78 is 5.65. The molecule has 0 radical (unpaired) electrons. The summed E-state index contributed by atoms with van der Waals surface area (Å²) >= 11 is 0. The third-order valence-electron chi connectivity index (χ3n) is 4.86. The highest BCUT2D eigenvalue weighted by Crippen LogP contribution is 2.40. The van der Waals surface area contributed by atoms with Crippen LogP contribution in [0.5, 0.6) is 0 Å². The second kappa shape index (κ2) is 8.89. The number of hydrogen-bond acceptors (Lipinski definition) is 2. The zero-order chi connectivity index (χ0) is 16.6. The molecule has 1 aliphatic carbocycles. The highest BCUT2D eigenvalue weighted by molar-refractivity contribution is 5.89. The summed E-state index contributed by atoms with van der Waals surface area (Å²) in [5, 5.41) is 3.75. The first kappa shape index (κ1) is 17.0. The van der Waals surface area contributed by atoms with Gasteiger partial charge in [-0.25, -0.2) is 0 Å². The summed E-state index contributed by atoms with van der Waals surface area (Å²) in [5.74, 6) is 0.975. The number of furan rings is 1. The van der Waals surface area contributed by atoms with Crippen LogP contribution in [0.2, 0.25) is 0 Å². The van der Waals surface area contributed by atoms with Gasteiger partial charge in [0, 0.05) is 5.57 Å². The van der Waals surface area contributed by atoms with Crippen molar-refractivity contribution in [2.75, 3.05) is 6.54 Å². The molecule has 0 bridgehead atoms. The van der Waals surface area contributed by atoms with Crippen LogP contribution in [0, 0.1) is 0 Å². The van der Waals surface area contributed by atoms with Crippen LogP contribution in [0.4, 0.5) is 0 Å². The Bertz CT molecular complexity index is 642. The van der Waals surface area contributed by atoms with Crippen LogP contribution >= 0.6 is 0 Å². The summed E-state index contributed by atoms with van der Waals surface area (Å²) in [5.41, 5.74) is 3.93. The maximum atomic E-state index is 5.65. The molecule has 0 amide bonds. The molecule has 1 atom stereocenters. The van der Waals surface area contributed by atoms with Gasteiger partial charge in [0.25, 0.3) is 0 Å². The average molecular weight is 323 g/mol. The number of hydrogen-bond donors (Lipinski definition) is 1. The Hall–Kier alpha value is -1.80. The van der Waals surface area contributed by atoms with Gasteiger partial charge < -0.3 is 9.73 Å². The van der Waals surface area contributed by atoms with Crippen LogP contribution in [0.15, 0.2) is 47.1 Å². The van der Waals surface area contributed by atoms with Gasteiger partial charge in [-0.15, -0.1) is 0 Å². The second-order valence-corrected chi connectivity index (χ2v) is 6.71. The van der Waals surface area contributed by atoms with Gasteiger partial charge in [-0.3, -0.25) is 0 Å². The van der Waals surface area contributed by atoms with Gasteiger partial charge in [-0.05, 0) is 42.3 Å². The van der Waals surface area contributed by atoms with Crippen molar-refractivity contribution in [1.82, 2.24) is 5.32 Å². The van der Waals surface area contributed by atoms with E-state index in [9.17, 15) is 0 Å². The van der Waals surface area contributed by atoms with E-state index in [2.05, 4.69) is 48.6 Å². The Kier molecular flexibility index (Phi) is 6.31. The zero-order valence-electron chi connectivity index (χ0n) is 14.8. The first-order valence-corrected chi connectivity index (χ1v) is 9.48. The van der Waals surface area contributed by atoms with Crippen LogP contribution in [-0.4, -0.2) is 6.54 Å². The summed E-state index contributed by atoms with van der Waals surface area (Å²) in [4.78, 5) is 0. The standard InChI is InChI=1S/C22H29NO/c1-2-3-4-5-6-7-10-15-23-22-19-13-9-8-12-18(19)17-20(22)21-14-11-16-24-21/h8-9,11-14,16-17,22-23H,2-7,10,15H2,1H3. The average Bonchev–Trinajstić information content (AvgIpc) is 3.25. The molecule has 1 aromatic heterocycles. The van der Waals surface area contributed by atoms with Gasteiger partial charge in [-0.1, -0.05) is 69.7 Å². The van der Waals surface area contributed by atoms with Gasteiger partial charge in [0.1, 0.15) is 5.76 Å². The summed E-state index contributed by atoms with van der Waals surface area (Å²) in [7, 11) is 0. The fourth-order valence-corrected chi connectivity index (χ4v) is 3.53. The Balaban J connectivity index is 1.52. The van der Waals surface area contributed by atoms with Crippen molar-refractivity contribution in [3.63, 3.8) is 0 Å². The van der Waals surface area contributed by atoms with Gasteiger partial charge >= 0.3 is 0 Å². The van der Waals surface area contributed by atoms with E-state index < -0.39 is 0 Å². The van der Waals surface area contributed by atoms with Gasteiger partial charge in [-0.2, -0.15) is 0 Å². The van der Waals surface area contributed by atoms with E-state index in [-0.39, 0.29) is 6.04 Å². The monoisotopic (exact) mass is 323 g/mol. The van der Waals surface area contributed by atoms with E-state index in [4.69, 9.17) is 4.42 Å². The molecule has 2 heteroatoms. The highest BCUT2D eigenvalue weighted by Gasteiger charge is 2.26. The fraction of sp³-hybridized carbons (Fsp3) is 0.455. The minimum Gasteiger partial charge on any atom is -0.465 e. The molecule has 1 heterocycles. The first-order chi connectivity index (χ1) is 11.9. The molecule has 3 rings (SSSR count). The lowest BCUT2D eigenvalue weighted by Crippen LogP contribution is -2.22. The summed E-state index contributed by atoms with van der Waals surface area (Å²) in [6.45, 7) is 3.33. The molecule has 2 aromatic rings. The minimum absolute atomic E-state index is 0.257. The Morgan fingerprint density at radius 2 is 1.71 bits per heavy atom. The molecule has 1 aromatic carbocycles. The third kappa shape index (κ3) is 4.18. The topological polar surface area (TPSA) is 25.2 Å². The molecule has 1 N–H and O–H groups in total. The quantitative estimate of drug-likeness (QED) is 0.525. The predicted octanol–water partition coefficient (Wildman–Crippen LogP) is 6.22. The second-order valence-electron chi connectivity index (χ2n) is 6.71. The number of rotatable bonds is 10. The van der Waals surface area contributed by atoms with Crippen LogP contribution in [0.1, 0.15) is 74.8 Å². The van der Waals surface area contributed by atoms with Crippen molar-refractivity contribution in [3.05, 3.63) is 59.5 Å². The molecule has 0 saturated carbocycles. The van der Waals surface area contributed by atoms with E-state index in [1.54, 1.807) is 6.26 Å². The number of benzene rings is 1. The molecule has 128 valence electrons. The van der Waals surface area contributed by atoms with Crippen molar-refractivity contribution < 1.29 is 4.42 Å². The molecule has 0 spiro atoms. The van der Waals surface area contributed by atoms with Gasteiger partial charge in [0.15, 0.2) is 0 Å². The number of nitrogens with one attached hydrogen (secondary N) is 1. The van der Waals surface area contributed by atoms with Crippen molar-refractivity contribution in [2.24, 2.45) is 0 Å². The molecule has 24 heavy (non-hydrogen) atoms. The molecule has 1 unspecified atom stereocenters. The lowest BCUT2D eigenvalue weighted by atomic mass is 10.0. The van der Waals surface area contributed by atoms with E-state index in [0.717, 1.165) is 12.3 Å². The molecule has 2 nitrogen and oxygen atoms in total. The molecule has 1 aliphatic rings. The molecule has 0 saturated heterocycles. The van der Waals surface area contributed by atoms with Crippen molar-refractivity contribution >= 4 is 11.6 Å². The highest BCUT2D eigenvalue weighted by atomic mass is 16.3. The van der Waals surface area contributed by atoms with Gasteiger partial charge in [0.2, 0.25) is 0 Å². The van der Waals surface area contributed by atoms with E-state index in [1.165, 1.54) is 61.6 Å². The van der Waals surface area contributed by atoms with E-state index in [1.807, 2.05) is 6.07 Å². The third-order valence-corrected chi connectivity index (χ3v) is 4.86. The Morgan fingerprint density at radius 3 is 2.50 bits per heavy atom. The zero-order valence-corrected chi connectivity index (χ0v) is 14.8. The predicted molar refractivity (Wildman–Crippen MR) is 102 cm³/mol. The SMILES string of the molecule is CCCCCCCCCNC1C(c2ccco2)=Cc2ccccc21. The molecular weight excluding hydrogens is 294 g/mol. The maximum Gasteiger partial charge on any atom is 0.131 e. The smallest absolute Gasteiger partial charge is 0.131 e. The lowest BCUT2D eigenvalue weighted by molar-refractivity contribution is 0.526. The Morgan fingerprint density at radius 1 is 0.917 bits per heavy atom. The largest absolute Gasteiger partial charge is 0.465 e. The molecule has 0 fully saturated rings. The van der Waals surface area contributed by atoms with Crippen LogP contribution in [0.25, 0.3) is 11.6 Å². The van der Waals surface area contributed by atoms with E-state index in [0.29, 0.717) is 0 Å². The first-order valence-electron chi connectivity index (χ1n) is 9.48. The van der Waals surface area contributed by atoms with Crippen LogP contribution in [0.3, 0.4) is 0 Å². The molecular formula is C22H29NO. The Labute approximate surface area is 146 Å². The number of fused-ring (bicyclic) bond motifs is 1. The summed E-state index contributed by atoms with van der Waals surface area (Å²) in [6.07, 6.45) is 13.4. The lowest BCUT2D eigenvalue weighted by Gasteiger charge is -2.17. The maximum absolute atomic E-state index is 5.65. The van der Waals surface area contributed by atoms with Crippen LogP contribution < -0.4 is 5.32 Å². The molecule has 0 aliphatic heterocycles. The van der Waals surface area contributed by atoms with Crippen LogP contribution in [-0.2, 0) is 0 Å². The minimum atomic E-state index is 0.257. The fourth-order valence-electron chi connectivity index (χ4n) is 3.53. The number of unbranched alkanes of at least 4 members (excludes halogenated alkanes) is 6. The van der Waals surface area contributed by atoms with Crippen molar-refractivity contribution in [3.8, 4) is 0 Å². The summed E-state index contributed by atoms with van der Waals surface area (Å²) in [6, 6.07) is 12.9. The van der Waals surface area contributed by atoms with Crippen molar-refractivity contribution in [2.45, 2.75) is 57.9 Å². The normalized spacial score (nSPS) is 16.2. The van der Waals surface area contributed by atoms with Gasteiger partial charge in [0.05, 0.1) is 12.3 Å². The van der Waals surface area contributed by atoms with Crippen molar-refractivity contribution in [1.29, 1.82) is 0 Å².